The fourth-order valence-corrected chi connectivity index (χ4v) is 2.73. The first-order valence-corrected chi connectivity index (χ1v) is 7.59. The van der Waals surface area contributed by atoms with E-state index in [9.17, 15) is 13.2 Å². The van der Waals surface area contributed by atoms with Gasteiger partial charge in [-0.15, -0.1) is 0 Å². The lowest BCUT2D eigenvalue weighted by atomic mass is 10.1. The average molecular weight is 424 g/mol. The number of benzene rings is 2. The number of rotatable bonds is 2. The summed E-state index contributed by atoms with van der Waals surface area (Å²) in [4.78, 5) is 0. The van der Waals surface area contributed by atoms with Crippen molar-refractivity contribution in [3.8, 4) is 11.5 Å². The highest BCUT2D eigenvalue weighted by Gasteiger charge is 2.37. The summed E-state index contributed by atoms with van der Waals surface area (Å²) in [5.74, 6) is 0.203. The van der Waals surface area contributed by atoms with E-state index in [1.165, 1.54) is 6.07 Å². The van der Waals surface area contributed by atoms with Crippen LogP contribution < -0.4 is 4.74 Å². The molecular formula is C15H11Br2F3O. The van der Waals surface area contributed by atoms with Gasteiger partial charge in [0.25, 0.3) is 0 Å². The van der Waals surface area contributed by atoms with Gasteiger partial charge in [0.1, 0.15) is 17.1 Å². The summed E-state index contributed by atoms with van der Waals surface area (Å²) in [6.07, 6.45) is -4.50. The predicted octanol–water partition coefficient (Wildman–Crippen LogP) is 6.64. The normalized spacial score (nSPS) is 11.6. The van der Waals surface area contributed by atoms with Crippen molar-refractivity contribution in [2.24, 2.45) is 0 Å². The molecule has 0 fully saturated rings. The number of ether oxygens (including phenoxy) is 1. The van der Waals surface area contributed by atoms with Crippen LogP contribution in [-0.4, -0.2) is 0 Å². The minimum Gasteiger partial charge on any atom is -0.456 e. The van der Waals surface area contributed by atoms with E-state index in [-0.39, 0.29) is 10.2 Å². The van der Waals surface area contributed by atoms with Crippen LogP contribution in [0.2, 0.25) is 0 Å². The molecule has 0 amide bonds. The van der Waals surface area contributed by atoms with Crippen LogP contribution in [0.25, 0.3) is 0 Å². The molecule has 21 heavy (non-hydrogen) atoms. The monoisotopic (exact) mass is 422 g/mol. The third-order valence-electron chi connectivity index (χ3n) is 2.95. The van der Waals surface area contributed by atoms with Gasteiger partial charge in [-0.05, 0) is 43.2 Å². The van der Waals surface area contributed by atoms with Crippen LogP contribution in [0.5, 0.6) is 11.5 Å². The van der Waals surface area contributed by atoms with E-state index in [2.05, 4.69) is 31.9 Å². The molecule has 2 rings (SSSR count). The van der Waals surface area contributed by atoms with Crippen molar-refractivity contribution in [1.29, 1.82) is 0 Å². The molecule has 0 spiro atoms. The van der Waals surface area contributed by atoms with Crippen molar-refractivity contribution in [2.75, 3.05) is 0 Å². The molecule has 0 radical (unpaired) electrons. The average Bonchev–Trinajstić information content (AvgIpc) is 2.36. The topological polar surface area (TPSA) is 9.23 Å². The van der Waals surface area contributed by atoms with E-state index in [4.69, 9.17) is 4.74 Å². The molecule has 112 valence electrons. The number of aryl methyl sites for hydroxylation is 2. The predicted molar refractivity (Wildman–Crippen MR) is 82.8 cm³/mol. The largest absolute Gasteiger partial charge is 0.456 e. The number of alkyl halides is 3. The summed E-state index contributed by atoms with van der Waals surface area (Å²) in [5, 5.41) is 0. The first-order chi connectivity index (χ1) is 9.70. The van der Waals surface area contributed by atoms with Crippen LogP contribution >= 0.6 is 31.9 Å². The Balaban J connectivity index is 2.59. The highest BCUT2D eigenvalue weighted by molar-refractivity contribution is 9.10. The van der Waals surface area contributed by atoms with Gasteiger partial charge >= 0.3 is 6.18 Å². The molecule has 0 N–H and O–H groups in total. The lowest BCUT2D eigenvalue weighted by Gasteiger charge is -2.18. The van der Waals surface area contributed by atoms with E-state index in [1.807, 2.05) is 0 Å². The maximum atomic E-state index is 13.3. The van der Waals surface area contributed by atoms with Crippen LogP contribution in [0.4, 0.5) is 13.2 Å². The first kappa shape index (κ1) is 16.4. The molecule has 0 aliphatic rings. The molecule has 0 saturated heterocycles. The molecule has 0 heterocycles. The van der Waals surface area contributed by atoms with E-state index in [0.717, 1.165) is 10.0 Å². The number of hydrogen-bond acceptors (Lipinski definition) is 1. The summed E-state index contributed by atoms with van der Waals surface area (Å²) in [7, 11) is 0. The van der Waals surface area contributed by atoms with Crippen LogP contribution in [-0.2, 0) is 6.18 Å². The van der Waals surface area contributed by atoms with Crippen LogP contribution in [0.3, 0.4) is 0 Å². The van der Waals surface area contributed by atoms with Gasteiger partial charge in [-0.3, -0.25) is 0 Å². The van der Waals surface area contributed by atoms with Gasteiger partial charge in [0.2, 0.25) is 0 Å². The van der Waals surface area contributed by atoms with Crippen molar-refractivity contribution in [2.45, 2.75) is 20.0 Å². The van der Waals surface area contributed by atoms with Gasteiger partial charge < -0.3 is 4.74 Å². The number of hydrogen-bond donors (Lipinski definition) is 0. The molecule has 2 aromatic carbocycles. The summed E-state index contributed by atoms with van der Waals surface area (Å²) < 4.78 is 46.0. The zero-order valence-electron chi connectivity index (χ0n) is 11.2. The van der Waals surface area contributed by atoms with Gasteiger partial charge in [0.05, 0.1) is 0 Å². The SMILES string of the molecule is Cc1ccc(Br)cc1Oc1c(C)ccc(Br)c1C(F)(F)F. The van der Waals surface area contributed by atoms with Gasteiger partial charge in [-0.2, -0.15) is 13.2 Å². The molecule has 1 nitrogen and oxygen atoms in total. The Morgan fingerprint density at radius 2 is 1.57 bits per heavy atom. The maximum Gasteiger partial charge on any atom is 0.421 e. The molecule has 0 atom stereocenters. The third-order valence-corrected chi connectivity index (χ3v) is 4.10. The molecule has 0 aromatic heterocycles. The van der Waals surface area contributed by atoms with Gasteiger partial charge in [-0.25, -0.2) is 0 Å². The second-order valence-electron chi connectivity index (χ2n) is 4.58. The Labute approximate surface area is 137 Å². The Bertz CT molecular complexity index is 681. The first-order valence-electron chi connectivity index (χ1n) is 6.00. The fraction of sp³-hybridized carbons (Fsp3) is 0.200. The van der Waals surface area contributed by atoms with E-state index >= 15 is 0 Å². The summed E-state index contributed by atoms with van der Waals surface area (Å²) >= 11 is 6.24. The van der Waals surface area contributed by atoms with Gasteiger partial charge in [-0.1, -0.05) is 44.0 Å². The lowest BCUT2D eigenvalue weighted by molar-refractivity contribution is -0.139. The Morgan fingerprint density at radius 1 is 0.952 bits per heavy atom. The zero-order chi connectivity index (χ0) is 15.8. The van der Waals surface area contributed by atoms with Crippen LogP contribution in [0, 0.1) is 13.8 Å². The number of halogens is 5. The standard InChI is InChI=1S/C15H11Br2F3O/c1-8-3-5-10(16)7-12(8)21-14-9(2)4-6-11(17)13(14)15(18,19)20/h3-7H,1-2H3. The van der Waals surface area contributed by atoms with Crippen LogP contribution in [0.15, 0.2) is 39.3 Å². The van der Waals surface area contributed by atoms with Crippen molar-refractivity contribution in [3.05, 3.63) is 56.0 Å². The van der Waals surface area contributed by atoms with Crippen molar-refractivity contribution < 1.29 is 17.9 Å². The fourth-order valence-electron chi connectivity index (χ4n) is 1.85. The third kappa shape index (κ3) is 3.61. The molecule has 0 unspecified atom stereocenters. The second kappa shape index (κ2) is 6.01. The van der Waals surface area contributed by atoms with Crippen molar-refractivity contribution >= 4 is 31.9 Å². The van der Waals surface area contributed by atoms with Gasteiger partial charge in [0.15, 0.2) is 0 Å². The van der Waals surface area contributed by atoms with E-state index in [0.29, 0.717) is 11.3 Å². The minimum atomic E-state index is -4.50. The van der Waals surface area contributed by atoms with E-state index < -0.39 is 11.7 Å². The molecule has 0 bridgehead atoms. The quantitative estimate of drug-likeness (QED) is 0.526. The molecule has 6 heteroatoms. The maximum absolute atomic E-state index is 13.3. The molecule has 0 aliphatic heterocycles. The lowest BCUT2D eigenvalue weighted by Crippen LogP contribution is -2.09. The zero-order valence-corrected chi connectivity index (χ0v) is 14.4. The molecule has 0 saturated carbocycles. The highest BCUT2D eigenvalue weighted by atomic mass is 79.9. The van der Waals surface area contributed by atoms with E-state index in [1.54, 1.807) is 38.1 Å². The van der Waals surface area contributed by atoms with Crippen molar-refractivity contribution in [1.82, 2.24) is 0 Å². The minimum absolute atomic E-state index is 0.0387. The summed E-state index contributed by atoms with van der Waals surface area (Å²) in [6.45, 7) is 3.37. The molecule has 0 aliphatic carbocycles. The Kier molecular flexibility index (Phi) is 4.68. The second-order valence-corrected chi connectivity index (χ2v) is 6.35. The van der Waals surface area contributed by atoms with Gasteiger partial charge in [0, 0.05) is 8.95 Å². The summed E-state index contributed by atoms with van der Waals surface area (Å²) in [6, 6.07) is 8.19. The Hall–Kier alpha value is -1.01. The molecular weight excluding hydrogens is 413 g/mol. The van der Waals surface area contributed by atoms with Crippen LogP contribution in [0.1, 0.15) is 16.7 Å². The highest BCUT2D eigenvalue weighted by Crippen LogP contribution is 2.44. The van der Waals surface area contributed by atoms with Crippen molar-refractivity contribution in [3.63, 3.8) is 0 Å². The smallest absolute Gasteiger partial charge is 0.421 e. The molecule has 2 aromatic rings. The summed E-state index contributed by atoms with van der Waals surface area (Å²) in [5.41, 5.74) is 0.373. The Morgan fingerprint density at radius 3 is 2.19 bits per heavy atom.